The van der Waals surface area contributed by atoms with Gasteiger partial charge in [0.15, 0.2) is 0 Å². The lowest BCUT2D eigenvalue weighted by molar-refractivity contribution is -0.147. The lowest BCUT2D eigenvalue weighted by atomic mass is 10.1. The van der Waals surface area contributed by atoms with E-state index in [-0.39, 0.29) is 19.2 Å². The van der Waals surface area contributed by atoms with Gasteiger partial charge in [-0.3, -0.25) is 4.79 Å². The Morgan fingerprint density at radius 3 is 1.21 bits per heavy atom. The quantitative estimate of drug-likeness (QED) is 0.133. The molecule has 0 aliphatic heterocycles. The van der Waals surface area contributed by atoms with Gasteiger partial charge in [-0.15, -0.1) is 0 Å². The molecule has 4 heteroatoms. The van der Waals surface area contributed by atoms with Crippen LogP contribution in [-0.4, -0.2) is 35.5 Å². The van der Waals surface area contributed by atoms with Crippen molar-refractivity contribution < 1.29 is 19.7 Å². The van der Waals surface area contributed by atoms with Crippen molar-refractivity contribution in [2.75, 3.05) is 13.2 Å². The average Bonchev–Trinajstić information content (AvgIpc) is 2.83. The summed E-state index contributed by atoms with van der Waals surface area (Å²) in [6.45, 7) is 18.1. The highest BCUT2D eigenvalue weighted by Crippen LogP contribution is 2.12. The van der Waals surface area contributed by atoms with Crippen molar-refractivity contribution in [3.63, 3.8) is 0 Å². The van der Waals surface area contributed by atoms with Crippen LogP contribution in [0.15, 0.2) is 0 Å². The summed E-state index contributed by atoms with van der Waals surface area (Å²) in [4.78, 5) is 11.3. The topological polar surface area (TPSA) is 66.8 Å². The molecule has 33 heavy (non-hydrogen) atoms. The molecule has 0 heterocycles. The largest absolute Gasteiger partial charge is 0.463 e. The summed E-state index contributed by atoms with van der Waals surface area (Å²) in [5, 5.41) is 17.6. The second kappa shape index (κ2) is 36.0. The number of carbonyl (C=O) groups excluding carboxylic acids is 1. The third kappa shape index (κ3) is 42.1. The summed E-state index contributed by atoms with van der Waals surface area (Å²) >= 11 is 0. The molecule has 0 rings (SSSR count). The minimum atomic E-state index is -0.956. The summed E-state index contributed by atoms with van der Waals surface area (Å²) in [7, 11) is 0. The van der Waals surface area contributed by atoms with Gasteiger partial charge in [0.1, 0.15) is 12.7 Å². The van der Waals surface area contributed by atoms with Crippen LogP contribution in [0, 0.1) is 34.6 Å². The van der Waals surface area contributed by atoms with Crippen molar-refractivity contribution in [3.8, 4) is 0 Å². The van der Waals surface area contributed by atoms with Crippen molar-refractivity contribution in [2.45, 2.75) is 135 Å². The maximum Gasteiger partial charge on any atom is 0.305 e. The van der Waals surface area contributed by atoms with Crippen LogP contribution in [0.25, 0.3) is 0 Å². The molecule has 5 radical (unpaired) electrons. The first-order valence-electron chi connectivity index (χ1n) is 13.4. The van der Waals surface area contributed by atoms with Gasteiger partial charge in [0.05, 0.1) is 6.61 Å². The van der Waals surface area contributed by atoms with Gasteiger partial charge in [0, 0.05) is 6.42 Å². The molecule has 1 unspecified atom stereocenters. The van der Waals surface area contributed by atoms with E-state index in [1.165, 1.54) is 77.0 Å². The van der Waals surface area contributed by atoms with E-state index in [0.717, 1.165) is 44.9 Å². The number of rotatable bonds is 21. The number of hydrogen-bond donors (Lipinski definition) is 2. The number of unbranched alkanes of at least 4 members (excludes halogenated alkanes) is 16. The van der Waals surface area contributed by atoms with Gasteiger partial charge in [-0.05, 0) is 6.42 Å². The fraction of sp³-hybridized carbons (Fsp3) is 0.793. The third-order valence-electron chi connectivity index (χ3n) is 5.03. The Balaban J connectivity index is -0.000000611. The Hall–Kier alpha value is -0.610. The molecule has 0 amide bonds. The van der Waals surface area contributed by atoms with Crippen LogP contribution in [0.3, 0.4) is 0 Å². The van der Waals surface area contributed by atoms with Crippen molar-refractivity contribution >= 4 is 5.97 Å². The first-order valence-corrected chi connectivity index (χ1v) is 13.4. The van der Waals surface area contributed by atoms with Crippen LogP contribution in [0.1, 0.15) is 128 Å². The highest BCUT2D eigenvalue weighted by atomic mass is 16.5. The summed E-state index contributed by atoms with van der Waals surface area (Å²) in [5.74, 6) is -0.284. The molecule has 0 saturated carbocycles. The molecule has 4 nitrogen and oxygen atoms in total. The Morgan fingerprint density at radius 1 is 0.576 bits per heavy atom. The molecule has 0 aromatic carbocycles. The van der Waals surface area contributed by atoms with E-state index in [4.69, 9.17) is 14.9 Å². The zero-order valence-corrected chi connectivity index (χ0v) is 21.9. The number of carbonyl (C=O) groups is 1. The molecule has 0 aromatic rings. The lowest BCUT2D eigenvalue weighted by Gasteiger charge is -2.08. The Kier molecular flexibility index (Phi) is 40.3. The zero-order valence-electron chi connectivity index (χ0n) is 21.9. The summed E-state index contributed by atoms with van der Waals surface area (Å²) in [6.07, 6.45) is 21.9. The fourth-order valence-electron chi connectivity index (χ4n) is 2.88. The molecule has 1 atom stereocenters. The molecule has 0 bridgehead atoms. The standard InChI is InChI=1S/C17H33O4.2C6H12/c1-2-3-4-5-6-7-8-9-10-11-12-13-17(20)21-15-16(19)14-18;2*1-3-5-6-4-2/h16,18-19H,1-15H2;2*1-6H2. The van der Waals surface area contributed by atoms with Crippen LogP contribution in [0.5, 0.6) is 0 Å². The molecular formula is C29H57O4. The maximum absolute atomic E-state index is 11.3. The summed E-state index contributed by atoms with van der Waals surface area (Å²) in [6, 6.07) is 0. The minimum Gasteiger partial charge on any atom is -0.463 e. The van der Waals surface area contributed by atoms with E-state index >= 15 is 0 Å². The molecule has 2 N–H and O–H groups in total. The van der Waals surface area contributed by atoms with Gasteiger partial charge in [0.25, 0.3) is 0 Å². The van der Waals surface area contributed by atoms with Gasteiger partial charge in [-0.2, -0.15) is 0 Å². The van der Waals surface area contributed by atoms with E-state index in [1.807, 2.05) is 0 Å². The number of aliphatic hydroxyl groups excluding tert-OH is 2. The summed E-state index contributed by atoms with van der Waals surface area (Å²) < 4.78 is 4.83. The summed E-state index contributed by atoms with van der Waals surface area (Å²) in [5.41, 5.74) is 0. The normalized spacial score (nSPS) is 11.1. The molecule has 197 valence electrons. The predicted octanol–water partition coefficient (Wildman–Crippen LogP) is 7.83. The van der Waals surface area contributed by atoms with E-state index in [9.17, 15) is 4.79 Å². The zero-order chi connectivity index (χ0) is 25.4. The predicted molar refractivity (Wildman–Crippen MR) is 143 cm³/mol. The van der Waals surface area contributed by atoms with Gasteiger partial charge < -0.3 is 14.9 Å². The average molecular weight is 470 g/mol. The smallest absolute Gasteiger partial charge is 0.305 e. The highest BCUT2D eigenvalue weighted by molar-refractivity contribution is 5.69. The number of hydrogen-bond acceptors (Lipinski definition) is 4. The van der Waals surface area contributed by atoms with Gasteiger partial charge in [-0.1, -0.05) is 150 Å². The second-order valence-corrected chi connectivity index (χ2v) is 8.49. The molecular weight excluding hydrogens is 412 g/mol. The highest BCUT2D eigenvalue weighted by Gasteiger charge is 2.07. The molecule has 0 aromatic heterocycles. The van der Waals surface area contributed by atoms with Gasteiger partial charge in [-0.25, -0.2) is 0 Å². The van der Waals surface area contributed by atoms with Crippen LogP contribution in [-0.2, 0) is 9.53 Å². The van der Waals surface area contributed by atoms with Crippen LogP contribution >= 0.6 is 0 Å². The van der Waals surface area contributed by atoms with Crippen molar-refractivity contribution in [1.82, 2.24) is 0 Å². The SMILES string of the molecule is [CH2]CCCCCCCCCCCCC(=O)OCC(O)CO.[CH2]CCCC[CH2].[CH2]CCCC[CH2]. The van der Waals surface area contributed by atoms with Crippen LogP contribution in [0.2, 0.25) is 0 Å². The molecule has 0 spiro atoms. The second-order valence-electron chi connectivity index (χ2n) is 8.49. The first-order chi connectivity index (χ1) is 16.0. The number of esters is 1. The fourth-order valence-corrected chi connectivity index (χ4v) is 2.88. The minimum absolute atomic E-state index is 0.108. The molecule has 0 saturated heterocycles. The Labute approximate surface area is 208 Å². The van der Waals surface area contributed by atoms with Gasteiger partial charge in [0.2, 0.25) is 0 Å². The number of aliphatic hydroxyl groups is 2. The lowest BCUT2D eigenvalue weighted by Crippen LogP contribution is -2.21. The van der Waals surface area contributed by atoms with E-state index in [2.05, 4.69) is 34.6 Å². The Bertz CT molecular complexity index is 318. The van der Waals surface area contributed by atoms with Crippen molar-refractivity contribution in [1.29, 1.82) is 0 Å². The maximum atomic E-state index is 11.3. The monoisotopic (exact) mass is 469 g/mol. The first kappa shape index (κ1) is 36.9. The number of ether oxygens (including phenoxy) is 1. The molecule has 0 fully saturated rings. The molecule has 0 aliphatic rings. The molecule has 0 aliphatic carbocycles. The van der Waals surface area contributed by atoms with E-state index in [1.54, 1.807) is 0 Å². The Morgan fingerprint density at radius 2 is 0.879 bits per heavy atom. The van der Waals surface area contributed by atoms with Crippen LogP contribution < -0.4 is 0 Å². The van der Waals surface area contributed by atoms with Crippen LogP contribution in [0.4, 0.5) is 0 Å². The van der Waals surface area contributed by atoms with Crippen molar-refractivity contribution in [2.24, 2.45) is 0 Å². The third-order valence-corrected chi connectivity index (χ3v) is 5.03. The van der Waals surface area contributed by atoms with Crippen molar-refractivity contribution in [3.05, 3.63) is 34.6 Å². The van der Waals surface area contributed by atoms with E-state index < -0.39 is 6.10 Å². The van der Waals surface area contributed by atoms with Gasteiger partial charge >= 0.3 is 5.97 Å². The van der Waals surface area contributed by atoms with E-state index in [0.29, 0.717) is 6.42 Å².